The number of thiazole rings is 1. The van der Waals surface area contributed by atoms with E-state index in [1.165, 1.54) is 5.69 Å². The number of benzene rings is 3. The van der Waals surface area contributed by atoms with Crippen LogP contribution in [0.5, 0.6) is 5.75 Å². The van der Waals surface area contributed by atoms with Crippen LogP contribution in [-0.4, -0.2) is 21.9 Å². The van der Waals surface area contributed by atoms with Gasteiger partial charge in [0.25, 0.3) is 5.91 Å². The molecule has 5 aromatic rings. The highest BCUT2D eigenvalue weighted by molar-refractivity contribution is 7.15. The Hall–Kier alpha value is -3.64. The van der Waals surface area contributed by atoms with Crippen molar-refractivity contribution >= 4 is 38.7 Å². The summed E-state index contributed by atoms with van der Waals surface area (Å²) in [5, 5.41) is 7.18. The molecule has 5 nitrogen and oxygen atoms in total. The number of fused-ring (bicyclic) bond motifs is 2. The summed E-state index contributed by atoms with van der Waals surface area (Å²) in [5.74, 6) is 0.475. The lowest BCUT2D eigenvalue weighted by Crippen LogP contribution is -2.20. The van der Waals surface area contributed by atoms with Gasteiger partial charge in [0.1, 0.15) is 5.75 Å². The van der Waals surface area contributed by atoms with Crippen molar-refractivity contribution in [3.05, 3.63) is 84.0 Å². The van der Waals surface area contributed by atoms with Gasteiger partial charge in [-0.25, -0.2) is 4.98 Å². The van der Waals surface area contributed by atoms with Crippen LogP contribution in [0.25, 0.3) is 27.0 Å². The summed E-state index contributed by atoms with van der Waals surface area (Å²) in [5.41, 5.74) is 3.82. The van der Waals surface area contributed by atoms with Crippen LogP contribution >= 0.6 is 11.3 Å². The molecule has 0 aliphatic heterocycles. The summed E-state index contributed by atoms with van der Waals surface area (Å²) < 4.78 is 7.74. The Morgan fingerprint density at radius 3 is 2.67 bits per heavy atom. The van der Waals surface area contributed by atoms with Crippen molar-refractivity contribution in [1.29, 1.82) is 0 Å². The monoisotopic (exact) mass is 413 g/mol. The maximum absolute atomic E-state index is 12.3. The molecule has 1 amide bonds. The second kappa shape index (κ2) is 7.65. The fourth-order valence-electron chi connectivity index (χ4n) is 3.36. The van der Waals surface area contributed by atoms with Crippen molar-refractivity contribution in [1.82, 2.24) is 9.38 Å². The van der Waals surface area contributed by atoms with Crippen LogP contribution in [0.1, 0.15) is 5.69 Å². The Bertz CT molecular complexity index is 1350. The molecule has 5 rings (SSSR count). The van der Waals surface area contributed by atoms with E-state index in [4.69, 9.17) is 4.74 Å². The highest BCUT2D eigenvalue weighted by Crippen LogP contribution is 2.25. The predicted octanol–water partition coefficient (Wildman–Crippen LogP) is 5.54. The third-order valence-electron chi connectivity index (χ3n) is 4.94. The molecule has 1 N–H and O–H groups in total. The average molecular weight is 414 g/mol. The first kappa shape index (κ1) is 18.4. The van der Waals surface area contributed by atoms with Crippen molar-refractivity contribution in [2.45, 2.75) is 6.92 Å². The van der Waals surface area contributed by atoms with Crippen LogP contribution in [0.3, 0.4) is 0 Å². The lowest BCUT2D eigenvalue weighted by Gasteiger charge is -2.09. The summed E-state index contributed by atoms with van der Waals surface area (Å²) in [6.07, 6.45) is 2.03. The Labute approximate surface area is 177 Å². The van der Waals surface area contributed by atoms with E-state index in [0.29, 0.717) is 5.75 Å². The number of imidazole rings is 1. The molecule has 6 heteroatoms. The highest BCUT2D eigenvalue weighted by atomic mass is 32.1. The van der Waals surface area contributed by atoms with E-state index < -0.39 is 0 Å². The van der Waals surface area contributed by atoms with Crippen LogP contribution < -0.4 is 10.1 Å². The van der Waals surface area contributed by atoms with Crippen LogP contribution in [-0.2, 0) is 4.79 Å². The van der Waals surface area contributed by atoms with Gasteiger partial charge in [-0.1, -0.05) is 42.5 Å². The first-order chi connectivity index (χ1) is 14.7. The molecule has 148 valence electrons. The summed E-state index contributed by atoms with van der Waals surface area (Å²) in [4.78, 5) is 17.9. The minimum Gasteiger partial charge on any atom is -0.484 e. The Balaban J connectivity index is 1.22. The van der Waals surface area contributed by atoms with Gasteiger partial charge in [-0.2, -0.15) is 0 Å². The SMILES string of the molecule is Cc1csc2nc(-c3ccc(NC(=O)COc4ccc5ccccc5c4)cc3)cn12. The molecule has 0 radical (unpaired) electrons. The molecular formula is C24H19N3O2S. The highest BCUT2D eigenvalue weighted by Gasteiger charge is 2.09. The third kappa shape index (κ3) is 3.65. The zero-order valence-corrected chi connectivity index (χ0v) is 17.1. The Kier molecular flexibility index (Phi) is 4.69. The van der Waals surface area contributed by atoms with Crippen molar-refractivity contribution in [2.75, 3.05) is 11.9 Å². The number of aryl methyl sites for hydroxylation is 1. The van der Waals surface area contributed by atoms with Crippen molar-refractivity contribution in [2.24, 2.45) is 0 Å². The smallest absolute Gasteiger partial charge is 0.262 e. The van der Waals surface area contributed by atoms with Crippen LogP contribution in [0.2, 0.25) is 0 Å². The van der Waals surface area contributed by atoms with E-state index in [2.05, 4.69) is 27.0 Å². The van der Waals surface area contributed by atoms with Gasteiger partial charge >= 0.3 is 0 Å². The van der Waals surface area contributed by atoms with Gasteiger partial charge < -0.3 is 10.1 Å². The lowest BCUT2D eigenvalue weighted by atomic mass is 10.1. The molecule has 0 fully saturated rings. The molecular weight excluding hydrogens is 394 g/mol. The lowest BCUT2D eigenvalue weighted by molar-refractivity contribution is -0.118. The Morgan fingerprint density at radius 1 is 1.07 bits per heavy atom. The number of hydrogen-bond donors (Lipinski definition) is 1. The van der Waals surface area contributed by atoms with E-state index in [1.807, 2.05) is 72.9 Å². The number of carbonyl (C=O) groups excluding carboxylic acids is 1. The number of anilines is 1. The molecule has 0 saturated heterocycles. The van der Waals surface area contributed by atoms with Crippen molar-refractivity contribution in [3.63, 3.8) is 0 Å². The number of aromatic nitrogens is 2. The normalized spacial score (nSPS) is 11.1. The summed E-state index contributed by atoms with van der Waals surface area (Å²) in [6.45, 7) is 2.02. The second-order valence-electron chi connectivity index (χ2n) is 7.08. The fraction of sp³-hybridized carbons (Fsp3) is 0.0833. The number of amides is 1. The number of hydrogen-bond acceptors (Lipinski definition) is 4. The summed E-state index contributed by atoms with van der Waals surface area (Å²) in [7, 11) is 0. The molecule has 2 aromatic heterocycles. The summed E-state index contributed by atoms with van der Waals surface area (Å²) in [6, 6.07) is 21.5. The van der Waals surface area contributed by atoms with Crippen LogP contribution in [0.15, 0.2) is 78.3 Å². The first-order valence-electron chi connectivity index (χ1n) is 9.61. The first-order valence-corrected chi connectivity index (χ1v) is 10.5. The van der Waals surface area contributed by atoms with E-state index in [1.54, 1.807) is 11.3 Å². The van der Waals surface area contributed by atoms with Crippen LogP contribution in [0, 0.1) is 6.92 Å². The Morgan fingerprint density at radius 2 is 1.87 bits per heavy atom. The van der Waals surface area contributed by atoms with Crippen molar-refractivity contribution in [3.8, 4) is 17.0 Å². The number of carbonyl (C=O) groups is 1. The van der Waals surface area contributed by atoms with E-state index in [0.717, 1.165) is 32.7 Å². The van der Waals surface area contributed by atoms with Crippen LogP contribution in [0.4, 0.5) is 5.69 Å². The molecule has 0 atom stereocenters. The molecule has 0 aliphatic carbocycles. The van der Waals surface area contributed by atoms with E-state index >= 15 is 0 Å². The molecule has 3 aromatic carbocycles. The largest absolute Gasteiger partial charge is 0.484 e. The van der Waals surface area contributed by atoms with Gasteiger partial charge in [-0.15, -0.1) is 11.3 Å². The number of nitrogens with zero attached hydrogens (tertiary/aromatic N) is 2. The van der Waals surface area contributed by atoms with E-state index in [9.17, 15) is 4.79 Å². The number of rotatable bonds is 5. The maximum atomic E-state index is 12.3. The van der Waals surface area contributed by atoms with Gasteiger partial charge in [0, 0.05) is 28.5 Å². The minimum atomic E-state index is -0.200. The topological polar surface area (TPSA) is 55.6 Å². The molecule has 30 heavy (non-hydrogen) atoms. The molecule has 2 heterocycles. The fourth-order valence-corrected chi connectivity index (χ4v) is 4.21. The van der Waals surface area contributed by atoms with E-state index in [-0.39, 0.29) is 12.5 Å². The van der Waals surface area contributed by atoms with Gasteiger partial charge in [0.2, 0.25) is 0 Å². The van der Waals surface area contributed by atoms with Gasteiger partial charge in [0.05, 0.1) is 5.69 Å². The second-order valence-corrected chi connectivity index (χ2v) is 7.92. The zero-order valence-electron chi connectivity index (χ0n) is 16.3. The predicted molar refractivity (Wildman–Crippen MR) is 121 cm³/mol. The number of ether oxygens (including phenoxy) is 1. The quantitative estimate of drug-likeness (QED) is 0.411. The maximum Gasteiger partial charge on any atom is 0.262 e. The number of nitrogens with one attached hydrogen (secondary N) is 1. The van der Waals surface area contributed by atoms with Crippen molar-refractivity contribution < 1.29 is 9.53 Å². The standard InChI is InChI=1S/C24H19N3O2S/c1-16-15-30-24-26-22(13-27(16)24)18-6-9-20(10-7-18)25-23(28)14-29-21-11-8-17-4-2-3-5-19(17)12-21/h2-13,15H,14H2,1H3,(H,25,28). The minimum absolute atomic E-state index is 0.0449. The molecule has 0 unspecified atom stereocenters. The molecule has 0 aliphatic rings. The molecule has 0 saturated carbocycles. The van der Waals surface area contributed by atoms with Gasteiger partial charge in [-0.05, 0) is 42.0 Å². The summed E-state index contributed by atoms with van der Waals surface area (Å²) >= 11 is 1.63. The average Bonchev–Trinajstić information content (AvgIpc) is 3.35. The zero-order chi connectivity index (χ0) is 20.5. The van der Waals surface area contributed by atoms with Gasteiger partial charge in [0.15, 0.2) is 11.6 Å². The third-order valence-corrected chi connectivity index (χ3v) is 5.90. The molecule has 0 bridgehead atoms. The molecule has 0 spiro atoms. The van der Waals surface area contributed by atoms with Gasteiger partial charge in [-0.3, -0.25) is 9.20 Å².